The van der Waals surface area contributed by atoms with Crippen LogP contribution in [0.15, 0.2) is 0 Å². The summed E-state index contributed by atoms with van der Waals surface area (Å²) in [6, 6.07) is 0. The van der Waals surface area contributed by atoms with Crippen molar-refractivity contribution < 1.29 is 4.79 Å². The smallest absolute Gasteiger partial charge is 0.121 e. The summed E-state index contributed by atoms with van der Waals surface area (Å²) in [6.07, 6.45) is 0. The second-order valence-corrected chi connectivity index (χ2v) is 36.5. The Labute approximate surface area is 117 Å². The van der Waals surface area contributed by atoms with Crippen molar-refractivity contribution in [2.45, 2.75) is 79.4 Å². The highest BCUT2D eigenvalue weighted by Gasteiger charge is 2.63. The molecule has 0 aliphatic carbocycles. The molecule has 0 aromatic carbocycles. The zero-order valence-corrected chi connectivity index (χ0v) is 17.5. The van der Waals surface area contributed by atoms with Gasteiger partial charge in [-0.1, -0.05) is 73.9 Å². The van der Waals surface area contributed by atoms with Gasteiger partial charge in [-0.3, -0.25) is 0 Å². The van der Waals surface area contributed by atoms with E-state index in [1.165, 1.54) is 0 Å². The van der Waals surface area contributed by atoms with Crippen molar-refractivity contribution in [3.05, 3.63) is 0 Å². The molecule has 0 aromatic rings. The SMILES string of the molecule is CC(C)[Si](C(=O)C(C)(C)C)([Si](C)(C)C)[Si](C)(C)C. The van der Waals surface area contributed by atoms with Crippen molar-refractivity contribution in [2.75, 3.05) is 0 Å². The van der Waals surface area contributed by atoms with Gasteiger partial charge in [0.2, 0.25) is 0 Å². The molecule has 0 saturated carbocycles. The predicted molar refractivity (Wildman–Crippen MR) is 92.0 cm³/mol. The van der Waals surface area contributed by atoms with Gasteiger partial charge in [0.1, 0.15) is 12.5 Å². The van der Waals surface area contributed by atoms with E-state index in [9.17, 15) is 4.79 Å². The van der Waals surface area contributed by atoms with E-state index < -0.39 is 22.3 Å². The number of carbonyl (C=O) groups is 1. The van der Waals surface area contributed by atoms with Crippen LogP contribution in [-0.2, 0) is 4.79 Å². The van der Waals surface area contributed by atoms with E-state index in [1.54, 1.807) is 0 Å². The van der Waals surface area contributed by atoms with E-state index in [1.807, 2.05) is 0 Å². The van der Waals surface area contributed by atoms with Crippen LogP contribution in [0.25, 0.3) is 0 Å². The van der Waals surface area contributed by atoms with Gasteiger partial charge in [0.25, 0.3) is 0 Å². The van der Waals surface area contributed by atoms with Gasteiger partial charge in [-0.05, 0) is 5.54 Å². The average Bonchev–Trinajstić information content (AvgIpc) is 1.95. The van der Waals surface area contributed by atoms with Crippen molar-refractivity contribution in [2.24, 2.45) is 5.41 Å². The summed E-state index contributed by atoms with van der Waals surface area (Å²) < 4.78 is 0. The lowest BCUT2D eigenvalue weighted by Crippen LogP contribution is -2.79. The first-order valence-electron chi connectivity index (χ1n) is 7.15. The fourth-order valence-electron chi connectivity index (χ4n) is 4.39. The van der Waals surface area contributed by atoms with E-state index >= 15 is 0 Å². The van der Waals surface area contributed by atoms with Crippen molar-refractivity contribution in [3.63, 3.8) is 0 Å². The predicted octanol–water partition coefficient (Wildman–Crippen LogP) is 4.83. The molecule has 0 rings (SSSR count). The van der Waals surface area contributed by atoms with E-state index in [-0.39, 0.29) is 5.41 Å². The molecule has 0 spiro atoms. The van der Waals surface area contributed by atoms with Gasteiger partial charge in [-0.2, -0.15) is 0 Å². The van der Waals surface area contributed by atoms with Gasteiger partial charge in [-0.25, -0.2) is 0 Å². The summed E-state index contributed by atoms with van der Waals surface area (Å²) in [6.45, 7) is 25.7. The molecular formula is C14H34OSi3. The Hall–Kier alpha value is 0.321. The molecule has 0 fully saturated rings. The Bertz CT molecular complexity index is 299. The minimum atomic E-state index is -1.88. The molecule has 18 heavy (non-hydrogen) atoms. The lowest BCUT2D eigenvalue weighted by molar-refractivity contribution is -0.119. The van der Waals surface area contributed by atoms with Gasteiger partial charge in [0.05, 0.1) is 0 Å². The van der Waals surface area contributed by atoms with Gasteiger partial charge < -0.3 is 4.79 Å². The largest absolute Gasteiger partial charge is 0.305 e. The van der Waals surface area contributed by atoms with Gasteiger partial charge in [0, 0.05) is 20.6 Å². The molecule has 0 heterocycles. The summed E-state index contributed by atoms with van der Waals surface area (Å²) in [5.41, 5.74) is 0.416. The van der Waals surface area contributed by atoms with Gasteiger partial charge in [0.15, 0.2) is 0 Å². The van der Waals surface area contributed by atoms with E-state index in [0.29, 0.717) is 10.9 Å². The lowest BCUT2D eigenvalue weighted by Gasteiger charge is -2.53. The van der Waals surface area contributed by atoms with E-state index in [2.05, 4.69) is 73.9 Å². The molecule has 0 aliphatic rings. The molecule has 0 aromatic heterocycles. The molecule has 0 N–H and O–H groups in total. The third kappa shape index (κ3) is 2.90. The third-order valence-electron chi connectivity index (χ3n) is 4.27. The number of carbonyl (C=O) groups excluding carboxylic acids is 1. The van der Waals surface area contributed by atoms with Crippen molar-refractivity contribution >= 4 is 27.7 Å². The lowest BCUT2D eigenvalue weighted by atomic mass is 9.99. The minimum absolute atomic E-state index is 0.170. The number of hydrogen-bond donors (Lipinski definition) is 0. The molecule has 0 bridgehead atoms. The van der Waals surface area contributed by atoms with Crippen LogP contribution in [0.2, 0.25) is 44.8 Å². The van der Waals surface area contributed by atoms with Crippen LogP contribution in [-0.4, -0.2) is 27.7 Å². The standard InChI is InChI=1S/C14H34OSi3/c1-12(2)18(16(6,7)8,17(9,10)11)13(15)14(3,4)5/h12H,1-11H3. The second-order valence-electron chi connectivity index (χ2n) is 9.04. The summed E-state index contributed by atoms with van der Waals surface area (Å²) >= 11 is 0. The Balaban J connectivity index is 6.25. The van der Waals surface area contributed by atoms with Crippen LogP contribution in [0.1, 0.15) is 34.6 Å². The van der Waals surface area contributed by atoms with Crippen LogP contribution in [0.3, 0.4) is 0 Å². The van der Waals surface area contributed by atoms with Crippen molar-refractivity contribution in [3.8, 4) is 0 Å². The quantitative estimate of drug-likeness (QED) is 0.680. The Morgan fingerprint density at radius 1 is 0.833 bits per heavy atom. The van der Waals surface area contributed by atoms with Crippen LogP contribution in [0, 0.1) is 5.41 Å². The first-order chi connectivity index (χ1) is 7.60. The maximum absolute atomic E-state index is 13.4. The maximum Gasteiger partial charge on any atom is 0.121 e. The fourth-order valence-corrected chi connectivity index (χ4v) is 56.9. The Morgan fingerprint density at radius 2 is 1.11 bits per heavy atom. The summed E-state index contributed by atoms with van der Waals surface area (Å²) in [5.74, 6) is 0. The van der Waals surface area contributed by atoms with Crippen LogP contribution < -0.4 is 0 Å². The summed E-state index contributed by atoms with van der Waals surface area (Å²) in [5, 5.41) is 0.656. The number of hydrogen-bond acceptors (Lipinski definition) is 1. The molecule has 1 nitrogen and oxygen atoms in total. The van der Waals surface area contributed by atoms with Gasteiger partial charge >= 0.3 is 0 Å². The van der Waals surface area contributed by atoms with E-state index in [0.717, 1.165) is 0 Å². The highest BCUT2D eigenvalue weighted by molar-refractivity contribution is 7.77. The highest BCUT2D eigenvalue weighted by atomic mass is 29.6. The third-order valence-corrected chi connectivity index (χ3v) is 44.7. The fraction of sp³-hybridized carbons (Fsp3) is 0.929. The molecule has 0 aliphatic heterocycles. The number of rotatable bonds is 4. The zero-order valence-electron chi connectivity index (χ0n) is 14.5. The van der Waals surface area contributed by atoms with E-state index in [4.69, 9.17) is 0 Å². The summed E-state index contributed by atoms with van der Waals surface area (Å²) in [4.78, 5) is 13.4. The van der Waals surface area contributed by atoms with Crippen molar-refractivity contribution in [1.82, 2.24) is 0 Å². The first-order valence-corrected chi connectivity index (χ1v) is 18.2. The normalized spacial score (nSPS) is 15.1. The minimum Gasteiger partial charge on any atom is -0.305 e. The first kappa shape index (κ1) is 18.3. The molecule has 0 radical (unpaired) electrons. The molecule has 0 atom stereocenters. The van der Waals surface area contributed by atoms with Gasteiger partial charge in [-0.15, -0.1) is 0 Å². The Morgan fingerprint density at radius 3 is 1.17 bits per heavy atom. The van der Waals surface area contributed by atoms with Crippen LogP contribution in [0.4, 0.5) is 0 Å². The molecule has 0 unspecified atom stereocenters. The molecule has 4 heteroatoms. The second kappa shape index (κ2) is 5.02. The zero-order chi connectivity index (χ0) is 15.2. The maximum atomic E-state index is 13.4. The highest BCUT2D eigenvalue weighted by Crippen LogP contribution is 2.42. The molecule has 0 saturated heterocycles. The summed E-state index contributed by atoms with van der Waals surface area (Å²) in [7, 11) is -4.79. The van der Waals surface area contributed by atoms with Crippen molar-refractivity contribution in [1.29, 1.82) is 0 Å². The average molecular weight is 303 g/mol. The monoisotopic (exact) mass is 302 g/mol. The van der Waals surface area contributed by atoms with Crippen LogP contribution >= 0.6 is 0 Å². The molecular weight excluding hydrogens is 268 g/mol. The van der Waals surface area contributed by atoms with Crippen LogP contribution in [0.5, 0.6) is 0 Å². The topological polar surface area (TPSA) is 17.1 Å². The Kier molecular flexibility index (Phi) is 5.11. The molecule has 108 valence electrons. The molecule has 0 amide bonds.